The highest BCUT2D eigenvalue weighted by atomic mass is 35.5. The van der Waals surface area contributed by atoms with Gasteiger partial charge in [-0.2, -0.15) is 0 Å². The molecule has 114 valence electrons. The molecule has 1 N–H and O–H groups in total. The summed E-state index contributed by atoms with van der Waals surface area (Å²) in [6, 6.07) is 6.69. The van der Waals surface area contributed by atoms with Gasteiger partial charge in [-0.3, -0.25) is 0 Å². The van der Waals surface area contributed by atoms with Gasteiger partial charge in [-0.15, -0.1) is 0 Å². The average molecular weight is 297 g/mol. The second-order valence-electron chi connectivity index (χ2n) is 5.84. The quantitative estimate of drug-likeness (QED) is 0.747. The molecule has 0 aliphatic rings. The Hall–Kier alpha value is -0.730. The van der Waals surface area contributed by atoms with E-state index in [1.807, 2.05) is 12.1 Å². The van der Waals surface area contributed by atoms with Crippen LogP contribution in [-0.2, 0) is 6.54 Å². The normalized spacial score (nSPS) is 12.8. The first-order valence-electron chi connectivity index (χ1n) is 7.75. The van der Waals surface area contributed by atoms with Gasteiger partial charge in [0.1, 0.15) is 0 Å². The van der Waals surface area contributed by atoms with E-state index in [-0.39, 0.29) is 0 Å². The number of benzene rings is 1. The monoisotopic (exact) mass is 296 g/mol. The molecule has 1 aromatic rings. The van der Waals surface area contributed by atoms with Crippen molar-refractivity contribution in [3.8, 4) is 0 Å². The lowest BCUT2D eigenvalue weighted by atomic mass is 10.1. The molecule has 0 heterocycles. The number of nitrogens with one attached hydrogen (secondary N) is 1. The summed E-state index contributed by atoms with van der Waals surface area (Å²) in [4.78, 5) is 2.41. The van der Waals surface area contributed by atoms with Gasteiger partial charge in [0.05, 0.1) is 10.7 Å². The summed E-state index contributed by atoms with van der Waals surface area (Å²) in [5.74, 6) is 0.678. The van der Waals surface area contributed by atoms with Gasteiger partial charge >= 0.3 is 0 Å². The SMILES string of the molecule is CCC(C)CN(CC)c1c(Cl)cccc1CNC(C)C. The van der Waals surface area contributed by atoms with Crippen molar-refractivity contribution in [2.24, 2.45) is 5.92 Å². The summed E-state index contributed by atoms with van der Waals surface area (Å²) in [6.45, 7) is 14.0. The van der Waals surface area contributed by atoms with Gasteiger partial charge in [0.25, 0.3) is 0 Å². The van der Waals surface area contributed by atoms with Crippen LogP contribution < -0.4 is 10.2 Å². The van der Waals surface area contributed by atoms with Crippen LogP contribution in [0.25, 0.3) is 0 Å². The van der Waals surface area contributed by atoms with E-state index in [0.29, 0.717) is 12.0 Å². The molecule has 1 atom stereocenters. The largest absolute Gasteiger partial charge is 0.370 e. The van der Waals surface area contributed by atoms with Gasteiger partial charge in [-0.05, 0) is 24.5 Å². The minimum Gasteiger partial charge on any atom is -0.370 e. The Morgan fingerprint density at radius 3 is 2.45 bits per heavy atom. The van der Waals surface area contributed by atoms with Gasteiger partial charge in [-0.25, -0.2) is 0 Å². The van der Waals surface area contributed by atoms with E-state index < -0.39 is 0 Å². The zero-order valence-corrected chi connectivity index (χ0v) is 14.3. The molecule has 1 rings (SSSR count). The second kappa shape index (κ2) is 8.53. The van der Waals surface area contributed by atoms with Crippen LogP contribution in [-0.4, -0.2) is 19.1 Å². The number of hydrogen-bond donors (Lipinski definition) is 1. The molecule has 0 saturated carbocycles. The number of para-hydroxylation sites is 1. The fourth-order valence-electron chi connectivity index (χ4n) is 2.25. The Morgan fingerprint density at radius 1 is 1.20 bits per heavy atom. The van der Waals surface area contributed by atoms with E-state index in [0.717, 1.165) is 24.7 Å². The lowest BCUT2D eigenvalue weighted by molar-refractivity contribution is 0.544. The van der Waals surface area contributed by atoms with E-state index >= 15 is 0 Å². The Morgan fingerprint density at radius 2 is 1.90 bits per heavy atom. The van der Waals surface area contributed by atoms with E-state index in [1.165, 1.54) is 17.7 Å². The summed E-state index contributed by atoms with van der Waals surface area (Å²) in [6.07, 6.45) is 1.19. The molecule has 0 aromatic heterocycles. The van der Waals surface area contributed by atoms with Crippen LogP contribution in [0.1, 0.15) is 46.6 Å². The molecule has 0 bridgehead atoms. The molecule has 0 aliphatic carbocycles. The minimum atomic E-state index is 0.478. The molecule has 20 heavy (non-hydrogen) atoms. The van der Waals surface area contributed by atoms with Gasteiger partial charge in [0, 0.05) is 25.7 Å². The van der Waals surface area contributed by atoms with Crippen LogP contribution in [0.2, 0.25) is 5.02 Å². The summed E-state index contributed by atoms with van der Waals surface area (Å²) < 4.78 is 0. The van der Waals surface area contributed by atoms with Gasteiger partial charge in [-0.1, -0.05) is 57.8 Å². The van der Waals surface area contributed by atoms with Crippen molar-refractivity contribution in [2.45, 2.75) is 53.6 Å². The maximum absolute atomic E-state index is 6.48. The second-order valence-corrected chi connectivity index (χ2v) is 6.24. The van der Waals surface area contributed by atoms with Crippen LogP contribution in [0.4, 0.5) is 5.69 Å². The van der Waals surface area contributed by atoms with Crippen molar-refractivity contribution >= 4 is 17.3 Å². The maximum Gasteiger partial charge on any atom is 0.0642 e. The number of hydrogen-bond acceptors (Lipinski definition) is 2. The van der Waals surface area contributed by atoms with Crippen LogP contribution >= 0.6 is 11.6 Å². The summed E-state index contributed by atoms with van der Waals surface area (Å²) in [5.41, 5.74) is 2.49. The van der Waals surface area contributed by atoms with Gasteiger partial charge < -0.3 is 10.2 Å². The Bertz CT molecular complexity index is 404. The lowest BCUT2D eigenvalue weighted by Gasteiger charge is -2.29. The lowest BCUT2D eigenvalue weighted by Crippen LogP contribution is -2.30. The standard InChI is InChI=1S/C17H29ClN2/c1-6-14(5)12-20(7-2)17-15(11-19-13(3)4)9-8-10-16(17)18/h8-10,13-14,19H,6-7,11-12H2,1-5H3. The Balaban J connectivity index is 2.99. The maximum atomic E-state index is 6.48. The average Bonchev–Trinajstić information content (AvgIpc) is 2.42. The molecule has 0 amide bonds. The molecular weight excluding hydrogens is 268 g/mol. The van der Waals surface area contributed by atoms with Crippen LogP contribution in [0, 0.1) is 5.92 Å². The molecule has 0 spiro atoms. The van der Waals surface area contributed by atoms with Gasteiger partial charge in [0.2, 0.25) is 0 Å². The molecule has 3 heteroatoms. The third-order valence-corrected chi connectivity index (χ3v) is 4.00. The molecule has 0 fully saturated rings. The van der Waals surface area contributed by atoms with Gasteiger partial charge in [0.15, 0.2) is 0 Å². The molecule has 2 nitrogen and oxygen atoms in total. The minimum absolute atomic E-state index is 0.478. The molecule has 1 unspecified atom stereocenters. The van der Waals surface area contributed by atoms with E-state index in [1.54, 1.807) is 0 Å². The first kappa shape index (κ1) is 17.3. The van der Waals surface area contributed by atoms with Crippen LogP contribution in [0.3, 0.4) is 0 Å². The highest BCUT2D eigenvalue weighted by Gasteiger charge is 2.15. The summed E-state index contributed by atoms with van der Waals surface area (Å²) in [7, 11) is 0. The Kier molecular flexibility index (Phi) is 7.39. The fourth-order valence-corrected chi connectivity index (χ4v) is 2.57. The van der Waals surface area contributed by atoms with E-state index in [2.05, 4.69) is 50.9 Å². The smallest absolute Gasteiger partial charge is 0.0642 e. The highest BCUT2D eigenvalue weighted by molar-refractivity contribution is 6.33. The number of anilines is 1. The molecular formula is C17H29ClN2. The van der Waals surface area contributed by atoms with E-state index in [4.69, 9.17) is 11.6 Å². The first-order chi connectivity index (χ1) is 9.49. The van der Waals surface area contributed by atoms with Crippen molar-refractivity contribution in [1.82, 2.24) is 5.32 Å². The van der Waals surface area contributed by atoms with Crippen LogP contribution in [0.15, 0.2) is 18.2 Å². The summed E-state index contributed by atoms with van der Waals surface area (Å²) in [5, 5.41) is 4.35. The van der Waals surface area contributed by atoms with Crippen molar-refractivity contribution in [2.75, 3.05) is 18.0 Å². The predicted molar refractivity (Wildman–Crippen MR) is 90.8 cm³/mol. The molecule has 0 aliphatic heterocycles. The topological polar surface area (TPSA) is 15.3 Å². The highest BCUT2D eigenvalue weighted by Crippen LogP contribution is 2.30. The van der Waals surface area contributed by atoms with Crippen molar-refractivity contribution in [3.63, 3.8) is 0 Å². The van der Waals surface area contributed by atoms with E-state index in [9.17, 15) is 0 Å². The van der Waals surface area contributed by atoms with Crippen molar-refractivity contribution in [3.05, 3.63) is 28.8 Å². The third kappa shape index (κ3) is 4.99. The van der Waals surface area contributed by atoms with Crippen molar-refractivity contribution < 1.29 is 0 Å². The third-order valence-electron chi connectivity index (χ3n) is 3.70. The Labute approximate surface area is 129 Å². The van der Waals surface area contributed by atoms with Crippen LogP contribution in [0.5, 0.6) is 0 Å². The molecule has 1 aromatic carbocycles. The predicted octanol–water partition coefficient (Wildman–Crippen LogP) is 4.71. The molecule has 0 saturated heterocycles. The number of halogens is 1. The molecule has 0 radical (unpaired) electrons. The van der Waals surface area contributed by atoms with Crippen molar-refractivity contribution in [1.29, 1.82) is 0 Å². The number of nitrogens with zero attached hydrogens (tertiary/aromatic N) is 1. The fraction of sp³-hybridized carbons (Fsp3) is 0.647. The summed E-state index contributed by atoms with van der Waals surface area (Å²) >= 11 is 6.48. The zero-order chi connectivity index (χ0) is 15.1. The number of rotatable bonds is 8. The first-order valence-corrected chi connectivity index (χ1v) is 8.13. The zero-order valence-electron chi connectivity index (χ0n) is 13.5.